The van der Waals surface area contributed by atoms with Crippen molar-refractivity contribution in [2.75, 3.05) is 26.0 Å². The Kier molecular flexibility index (Phi) is 9.12. The van der Waals surface area contributed by atoms with Crippen LogP contribution in [0.4, 0.5) is 0 Å². The van der Waals surface area contributed by atoms with Gasteiger partial charge in [0.1, 0.15) is 5.75 Å². The van der Waals surface area contributed by atoms with Crippen molar-refractivity contribution in [3.05, 3.63) is 29.8 Å². The lowest BCUT2D eigenvalue weighted by Gasteiger charge is -2.24. The zero-order valence-corrected chi connectivity index (χ0v) is 17.4. The maximum atomic E-state index is 5.53. The minimum atomic E-state index is 0. The van der Waals surface area contributed by atoms with Gasteiger partial charge in [0.2, 0.25) is 0 Å². The molecule has 1 aromatic rings. The predicted octanol–water partition coefficient (Wildman–Crippen LogP) is 3.65. The van der Waals surface area contributed by atoms with E-state index in [0.29, 0.717) is 11.4 Å². The fraction of sp³-hybridized carbons (Fsp3) is 0.588. The molecule has 6 heteroatoms. The fourth-order valence-corrected chi connectivity index (χ4v) is 3.81. The monoisotopic (exact) mass is 449 g/mol. The summed E-state index contributed by atoms with van der Waals surface area (Å²) >= 11 is 2.06. The van der Waals surface area contributed by atoms with Gasteiger partial charge in [-0.25, -0.2) is 0 Å². The van der Waals surface area contributed by atoms with Gasteiger partial charge in [-0.05, 0) is 50.1 Å². The van der Waals surface area contributed by atoms with E-state index in [0.717, 1.165) is 24.8 Å². The molecular formula is C17H28IN3OS. The summed E-state index contributed by atoms with van der Waals surface area (Å²) in [6, 6.07) is 8.17. The number of nitrogens with zero attached hydrogens (tertiary/aromatic N) is 1. The zero-order chi connectivity index (χ0) is 15.8. The van der Waals surface area contributed by atoms with Crippen LogP contribution in [0.25, 0.3) is 0 Å². The molecule has 4 nitrogen and oxygen atoms in total. The highest BCUT2D eigenvalue weighted by Gasteiger charge is 2.29. The molecule has 0 saturated carbocycles. The van der Waals surface area contributed by atoms with Crippen molar-refractivity contribution in [2.45, 2.75) is 38.0 Å². The molecule has 0 aromatic heterocycles. The molecule has 1 heterocycles. The van der Waals surface area contributed by atoms with Crippen LogP contribution in [-0.4, -0.2) is 36.7 Å². The summed E-state index contributed by atoms with van der Waals surface area (Å²) in [5.74, 6) is 3.05. The Balaban J connectivity index is 0.00000264. The van der Waals surface area contributed by atoms with Crippen LogP contribution in [-0.2, 0) is 6.54 Å². The number of aliphatic imine (C=N–C) groups is 1. The maximum absolute atomic E-state index is 5.53. The molecule has 1 fully saturated rings. The molecule has 1 atom stereocenters. The summed E-state index contributed by atoms with van der Waals surface area (Å²) in [6.07, 6.45) is 2.59. The Morgan fingerprint density at radius 3 is 2.87 bits per heavy atom. The molecule has 1 aliphatic heterocycles. The number of guanidine groups is 1. The minimum Gasteiger partial charge on any atom is -0.494 e. The van der Waals surface area contributed by atoms with E-state index in [1.165, 1.54) is 24.2 Å². The third kappa shape index (κ3) is 6.79. The lowest BCUT2D eigenvalue weighted by atomic mass is 10.1. The Bertz CT molecular complexity index is 504. The lowest BCUT2D eigenvalue weighted by molar-refractivity contribution is 0.340. The highest BCUT2D eigenvalue weighted by Crippen LogP contribution is 2.36. The van der Waals surface area contributed by atoms with Gasteiger partial charge in [0, 0.05) is 24.9 Å². The molecule has 0 amide bonds. The van der Waals surface area contributed by atoms with Gasteiger partial charge in [0.25, 0.3) is 0 Å². The van der Waals surface area contributed by atoms with Crippen molar-refractivity contribution in [1.29, 1.82) is 0 Å². The molecule has 1 unspecified atom stereocenters. The third-order valence-corrected chi connectivity index (χ3v) is 5.36. The van der Waals surface area contributed by atoms with Gasteiger partial charge in [-0.3, -0.25) is 4.99 Å². The van der Waals surface area contributed by atoms with E-state index >= 15 is 0 Å². The molecule has 23 heavy (non-hydrogen) atoms. The maximum Gasteiger partial charge on any atom is 0.191 e. The standard InChI is InChI=1S/C17H27N3OS.HI/c1-4-21-15-8-5-7-14(11-15)12-19-16(18-3)20-13-17(2)9-6-10-22-17;/h5,7-8,11H,4,6,9-10,12-13H2,1-3H3,(H2,18,19,20);1H. The summed E-state index contributed by atoms with van der Waals surface area (Å²) in [4.78, 5) is 4.31. The van der Waals surface area contributed by atoms with Crippen LogP contribution in [0.2, 0.25) is 0 Å². The van der Waals surface area contributed by atoms with Crippen molar-refractivity contribution in [2.24, 2.45) is 4.99 Å². The Hall–Kier alpha value is -0.630. The van der Waals surface area contributed by atoms with Crippen molar-refractivity contribution in [1.82, 2.24) is 10.6 Å². The first-order chi connectivity index (χ1) is 10.6. The van der Waals surface area contributed by atoms with Crippen LogP contribution in [0.15, 0.2) is 29.3 Å². The fourth-order valence-electron chi connectivity index (χ4n) is 2.57. The van der Waals surface area contributed by atoms with Gasteiger partial charge in [-0.2, -0.15) is 11.8 Å². The second-order valence-electron chi connectivity index (χ2n) is 5.76. The Morgan fingerprint density at radius 2 is 2.22 bits per heavy atom. The van der Waals surface area contributed by atoms with Gasteiger partial charge in [-0.1, -0.05) is 12.1 Å². The molecule has 0 aliphatic carbocycles. The second-order valence-corrected chi connectivity index (χ2v) is 7.44. The van der Waals surface area contributed by atoms with Crippen LogP contribution in [0.3, 0.4) is 0 Å². The van der Waals surface area contributed by atoms with E-state index < -0.39 is 0 Å². The molecule has 0 bridgehead atoms. The first kappa shape index (κ1) is 20.4. The largest absolute Gasteiger partial charge is 0.494 e. The lowest BCUT2D eigenvalue weighted by Crippen LogP contribution is -2.43. The smallest absolute Gasteiger partial charge is 0.191 e. The summed E-state index contributed by atoms with van der Waals surface area (Å²) in [6.45, 7) is 6.71. The topological polar surface area (TPSA) is 45.6 Å². The van der Waals surface area contributed by atoms with E-state index in [1.807, 2.05) is 26.1 Å². The van der Waals surface area contributed by atoms with Gasteiger partial charge in [-0.15, -0.1) is 24.0 Å². The number of rotatable bonds is 6. The first-order valence-electron chi connectivity index (χ1n) is 7.95. The third-order valence-electron chi connectivity index (χ3n) is 3.82. The molecule has 1 aliphatic rings. The summed E-state index contributed by atoms with van der Waals surface area (Å²) < 4.78 is 5.87. The molecule has 130 valence electrons. The van der Waals surface area contributed by atoms with Crippen LogP contribution in [0, 0.1) is 0 Å². The molecule has 0 radical (unpaired) electrons. The summed E-state index contributed by atoms with van der Waals surface area (Å²) in [5.41, 5.74) is 1.19. The van der Waals surface area contributed by atoms with E-state index in [-0.39, 0.29) is 24.0 Å². The van der Waals surface area contributed by atoms with Crippen molar-refractivity contribution < 1.29 is 4.74 Å². The molecule has 2 rings (SSSR count). The van der Waals surface area contributed by atoms with Crippen molar-refractivity contribution in [3.8, 4) is 5.75 Å². The Morgan fingerprint density at radius 1 is 1.39 bits per heavy atom. The van der Waals surface area contributed by atoms with Gasteiger partial charge in [0.15, 0.2) is 5.96 Å². The zero-order valence-electron chi connectivity index (χ0n) is 14.2. The molecule has 1 saturated heterocycles. The average molecular weight is 449 g/mol. The highest BCUT2D eigenvalue weighted by atomic mass is 127. The highest BCUT2D eigenvalue weighted by molar-refractivity contribution is 14.0. The summed E-state index contributed by atoms with van der Waals surface area (Å²) in [5, 5.41) is 6.82. The number of ether oxygens (including phenoxy) is 1. The van der Waals surface area contributed by atoms with E-state index in [9.17, 15) is 0 Å². The van der Waals surface area contributed by atoms with Gasteiger partial charge in [0.05, 0.1) is 6.61 Å². The first-order valence-corrected chi connectivity index (χ1v) is 8.94. The quantitative estimate of drug-likeness (QED) is 0.396. The number of benzene rings is 1. The van der Waals surface area contributed by atoms with E-state index in [4.69, 9.17) is 4.74 Å². The van der Waals surface area contributed by atoms with Gasteiger partial charge >= 0.3 is 0 Å². The van der Waals surface area contributed by atoms with Crippen molar-refractivity contribution in [3.63, 3.8) is 0 Å². The summed E-state index contributed by atoms with van der Waals surface area (Å²) in [7, 11) is 1.82. The molecule has 2 N–H and O–H groups in total. The van der Waals surface area contributed by atoms with Crippen LogP contribution in [0.1, 0.15) is 32.3 Å². The SMILES string of the molecule is CCOc1cccc(CNC(=NC)NCC2(C)CCCS2)c1.I. The van der Waals surface area contributed by atoms with E-state index in [1.54, 1.807) is 0 Å². The molecule has 1 aromatic carbocycles. The Labute approximate surface area is 161 Å². The van der Waals surface area contributed by atoms with Crippen LogP contribution >= 0.6 is 35.7 Å². The second kappa shape index (κ2) is 10.3. The number of hydrogen-bond acceptors (Lipinski definition) is 3. The number of hydrogen-bond donors (Lipinski definition) is 2. The van der Waals surface area contributed by atoms with Crippen molar-refractivity contribution >= 4 is 41.7 Å². The van der Waals surface area contributed by atoms with Crippen LogP contribution in [0.5, 0.6) is 5.75 Å². The number of thioether (sulfide) groups is 1. The number of halogens is 1. The predicted molar refractivity (Wildman–Crippen MR) is 111 cm³/mol. The normalized spacial score (nSPS) is 20.7. The van der Waals surface area contributed by atoms with Gasteiger partial charge < -0.3 is 15.4 Å². The average Bonchev–Trinajstić information content (AvgIpc) is 2.95. The minimum absolute atomic E-state index is 0. The molecular weight excluding hydrogens is 421 g/mol. The number of nitrogens with one attached hydrogen (secondary N) is 2. The van der Waals surface area contributed by atoms with E-state index in [2.05, 4.69) is 46.4 Å². The molecule has 0 spiro atoms. The van der Waals surface area contributed by atoms with Crippen LogP contribution < -0.4 is 15.4 Å².